The second kappa shape index (κ2) is 3.98. The minimum absolute atomic E-state index is 0.0481. The predicted octanol–water partition coefficient (Wildman–Crippen LogP) is 1.05. The van der Waals surface area contributed by atoms with E-state index in [1.807, 2.05) is 6.92 Å². The highest BCUT2D eigenvalue weighted by Gasteiger charge is 2.28. The van der Waals surface area contributed by atoms with Crippen molar-refractivity contribution in [3.8, 4) is 0 Å². The quantitative estimate of drug-likeness (QED) is 0.805. The lowest BCUT2D eigenvalue weighted by atomic mass is 10.0. The van der Waals surface area contributed by atoms with Crippen LogP contribution in [0.2, 0.25) is 0 Å². The first kappa shape index (κ1) is 10.1. The lowest BCUT2D eigenvalue weighted by Crippen LogP contribution is -2.15. The number of carboxylic acids is 1. The molecular formula is C9H12N2O4. The topological polar surface area (TPSA) is 85.5 Å². The molecule has 0 aliphatic carbocycles. The van der Waals surface area contributed by atoms with Crippen LogP contribution in [0, 0.1) is 0 Å². The summed E-state index contributed by atoms with van der Waals surface area (Å²) in [6.07, 6.45) is 2.04. The van der Waals surface area contributed by atoms with Gasteiger partial charge in [0.1, 0.15) is 0 Å². The number of carbonyl (C=O) groups is 1. The summed E-state index contributed by atoms with van der Waals surface area (Å²) in [4.78, 5) is 14.3. The summed E-state index contributed by atoms with van der Waals surface area (Å²) in [6, 6.07) is 0. The van der Waals surface area contributed by atoms with Crippen LogP contribution in [0.4, 0.5) is 0 Å². The van der Waals surface area contributed by atoms with E-state index in [1.165, 1.54) is 0 Å². The minimum Gasteiger partial charge on any atom is -0.475 e. The van der Waals surface area contributed by atoms with E-state index in [9.17, 15) is 4.79 Å². The van der Waals surface area contributed by atoms with Crippen LogP contribution < -0.4 is 0 Å². The number of nitrogens with zero attached hydrogens (tertiary/aromatic N) is 2. The van der Waals surface area contributed by atoms with Gasteiger partial charge in [0.15, 0.2) is 0 Å². The Balaban J connectivity index is 2.10. The monoisotopic (exact) mass is 212 g/mol. The molecule has 1 N–H and O–H groups in total. The largest absolute Gasteiger partial charge is 0.475 e. The molecular weight excluding hydrogens is 200 g/mol. The molecule has 0 radical (unpaired) electrons. The van der Waals surface area contributed by atoms with E-state index < -0.39 is 5.97 Å². The van der Waals surface area contributed by atoms with Crippen molar-refractivity contribution in [3.63, 3.8) is 0 Å². The average molecular weight is 212 g/mol. The Hall–Kier alpha value is -1.43. The first-order valence-corrected chi connectivity index (χ1v) is 4.87. The summed E-state index contributed by atoms with van der Waals surface area (Å²) in [7, 11) is 0. The molecule has 1 fully saturated rings. The van der Waals surface area contributed by atoms with E-state index in [1.54, 1.807) is 0 Å². The summed E-state index contributed by atoms with van der Waals surface area (Å²) >= 11 is 0. The van der Waals surface area contributed by atoms with Gasteiger partial charge in [-0.05, 0) is 18.0 Å². The van der Waals surface area contributed by atoms with Gasteiger partial charge < -0.3 is 14.4 Å². The molecule has 15 heavy (non-hydrogen) atoms. The molecule has 0 saturated carbocycles. The third-order valence-corrected chi connectivity index (χ3v) is 2.55. The zero-order valence-corrected chi connectivity index (χ0v) is 8.34. The van der Waals surface area contributed by atoms with Crippen molar-refractivity contribution < 1.29 is 19.2 Å². The van der Waals surface area contributed by atoms with Gasteiger partial charge in [0.05, 0.1) is 12.0 Å². The van der Waals surface area contributed by atoms with Gasteiger partial charge in [-0.3, -0.25) is 0 Å². The van der Waals surface area contributed by atoms with Crippen LogP contribution in [0.1, 0.15) is 42.2 Å². The SMILES string of the molecule is CC(c1nc(C(=O)O)no1)C1CCCO1. The molecule has 0 aromatic carbocycles. The molecule has 1 aromatic rings. The van der Waals surface area contributed by atoms with E-state index in [-0.39, 0.29) is 17.8 Å². The minimum atomic E-state index is -1.18. The number of carboxylic acid groups (broad SMARTS) is 1. The molecule has 0 bridgehead atoms. The molecule has 82 valence electrons. The number of hydrogen-bond donors (Lipinski definition) is 1. The van der Waals surface area contributed by atoms with Crippen molar-refractivity contribution in [2.24, 2.45) is 0 Å². The molecule has 6 heteroatoms. The maximum absolute atomic E-state index is 10.5. The standard InChI is InChI=1S/C9H12N2O4/c1-5(6-3-2-4-14-6)8-10-7(9(12)13)11-15-8/h5-6H,2-4H2,1H3,(H,12,13). The fraction of sp³-hybridized carbons (Fsp3) is 0.667. The van der Waals surface area contributed by atoms with Gasteiger partial charge in [0, 0.05) is 6.61 Å². The second-order valence-corrected chi connectivity index (χ2v) is 3.60. The highest BCUT2D eigenvalue weighted by molar-refractivity contribution is 5.82. The van der Waals surface area contributed by atoms with Gasteiger partial charge in [-0.15, -0.1) is 0 Å². The van der Waals surface area contributed by atoms with Crippen molar-refractivity contribution in [2.75, 3.05) is 6.61 Å². The Kier molecular flexibility index (Phi) is 2.68. The van der Waals surface area contributed by atoms with Crippen LogP contribution in [0.3, 0.4) is 0 Å². The van der Waals surface area contributed by atoms with Crippen LogP contribution in [0.5, 0.6) is 0 Å². The summed E-state index contributed by atoms with van der Waals surface area (Å²) in [5.74, 6) is -1.19. The van der Waals surface area contributed by atoms with E-state index in [4.69, 9.17) is 14.4 Å². The van der Waals surface area contributed by atoms with E-state index in [0.29, 0.717) is 5.89 Å². The summed E-state index contributed by atoms with van der Waals surface area (Å²) in [6.45, 7) is 2.64. The highest BCUT2D eigenvalue weighted by atomic mass is 16.5. The lowest BCUT2D eigenvalue weighted by molar-refractivity contribution is 0.0680. The van der Waals surface area contributed by atoms with Crippen molar-refractivity contribution >= 4 is 5.97 Å². The molecule has 2 unspecified atom stereocenters. The second-order valence-electron chi connectivity index (χ2n) is 3.60. The Labute approximate surface area is 86.2 Å². The summed E-state index contributed by atoms with van der Waals surface area (Å²) < 4.78 is 10.3. The average Bonchev–Trinajstić information content (AvgIpc) is 2.88. The maximum Gasteiger partial charge on any atom is 0.377 e. The van der Waals surface area contributed by atoms with Crippen LogP contribution in [0.15, 0.2) is 4.52 Å². The van der Waals surface area contributed by atoms with Crippen molar-refractivity contribution in [1.82, 2.24) is 10.1 Å². The summed E-state index contributed by atoms with van der Waals surface area (Å²) in [5, 5.41) is 12.0. The molecule has 0 amide bonds. The first-order valence-electron chi connectivity index (χ1n) is 4.87. The number of aromatic carboxylic acids is 1. The zero-order chi connectivity index (χ0) is 10.8. The normalized spacial score (nSPS) is 22.9. The fourth-order valence-corrected chi connectivity index (χ4v) is 1.66. The number of ether oxygens (including phenoxy) is 1. The fourth-order valence-electron chi connectivity index (χ4n) is 1.66. The first-order chi connectivity index (χ1) is 7.18. The van der Waals surface area contributed by atoms with E-state index in [2.05, 4.69) is 10.1 Å². The summed E-state index contributed by atoms with van der Waals surface area (Å²) in [5.41, 5.74) is 0. The Morgan fingerprint density at radius 3 is 3.00 bits per heavy atom. The molecule has 2 rings (SSSR count). The molecule has 6 nitrogen and oxygen atoms in total. The molecule has 1 aliphatic heterocycles. The Morgan fingerprint density at radius 2 is 2.47 bits per heavy atom. The van der Waals surface area contributed by atoms with E-state index >= 15 is 0 Å². The van der Waals surface area contributed by atoms with Crippen molar-refractivity contribution in [1.29, 1.82) is 0 Å². The number of hydrogen-bond acceptors (Lipinski definition) is 5. The maximum atomic E-state index is 10.5. The molecule has 1 saturated heterocycles. The molecule has 0 spiro atoms. The van der Waals surface area contributed by atoms with Gasteiger partial charge in [0.2, 0.25) is 5.89 Å². The smallest absolute Gasteiger partial charge is 0.377 e. The van der Waals surface area contributed by atoms with Crippen LogP contribution in [-0.2, 0) is 4.74 Å². The van der Waals surface area contributed by atoms with E-state index in [0.717, 1.165) is 19.4 Å². The highest BCUT2D eigenvalue weighted by Crippen LogP contribution is 2.27. The van der Waals surface area contributed by atoms with Crippen LogP contribution >= 0.6 is 0 Å². The number of rotatable bonds is 3. The third kappa shape index (κ3) is 1.99. The zero-order valence-electron chi connectivity index (χ0n) is 8.34. The third-order valence-electron chi connectivity index (χ3n) is 2.55. The van der Waals surface area contributed by atoms with Gasteiger partial charge in [0.25, 0.3) is 5.82 Å². The molecule has 2 heterocycles. The molecule has 1 aromatic heterocycles. The van der Waals surface area contributed by atoms with Gasteiger partial charge in [-0.1, -0.05) is 6.92 Å². The Bertz CT molecular complexity index is 357. The van der Waals surface area contributed by atoms with Crippen molar-refractivity contribution in [2.45, 2.75) is 31.8 Å². The molecule has 2 atom stereocenters. The van der Waals surface area contributed by atoms with Crippen molar-refractivity contribution in [3.05, 3.63) is 11.7 Å². The van der Waals surface area contributed by atoms with Crippen LogP contribution in [-0.4, -0.2) is 33.9 Å². The predicted molar refractivity (Wildman–Crippen MR) is 48.6 cm³/mol. The van der Waals surface area contributed by atoms with Gasteiger partial charge in [-0.2, -0.15) is 4.98 Å². The molecule has 1 aliphatic rings. The number of aromatic nitrogens is 2. The lowest BCUT2D eigenvalue weighted by Gasteiger charge is -2.13. The van der Waals surface area contributed by atoms with Crippen LogP contribution in [0.25, 0.3) is 0 Å². The van der Waals surface area contributed by atoms with Gasteiger partial charge in [-0.25, -0.2) is 4.79 Å². The van der Waals surface area contributed by atoms with Gasteiger partial charge >= 0.3 is 5.97 Å². The Morgan fingerprint density at radius 1 is 1.67 bits per heavy atom.